The van der Waals surface area contributed by atoms with E-state index in [4.69, 9.17) is 15.4 Å². The van der Waals surface area contributed by atoms with Crippen LogP contribution >= 0.6 is 10.7 Å². The highest BCUT2D eigenvalue weighted by molar-refractivity contribution is 8.13. The Kier molecular flexibility index (Phi) is 3.35. The molecule has 0 atom stereocenters. The zero-order valence-electron chi connectivity index (χ0n) is 8.60. The summed E-state index contributed by atoms with van der Waals surface area (Å²) < 4.78 is 27.3. The molecule has 0 bridgehead atoms. The van der Waals surface area contributed by atoms with Crippen LogP contribution < -0.4 is 4.74 Å². The van der Waals surface area contributed by atoms with E-state index in [0.29, 0.717) is 18.4 Å². The number of hydrogen-bond acceptors (Lipinski definition) is 4. The van der Waals surface area contributed by atoms with Gasteiger partial charge in [0, 0.05) is 16.7 Å². The van der Waals surface area contributed by atoms with Crippen molar-refractivity contribution in [2.24, 2.45) is 5.92 Å². The van der Waals surface area contributed by atoms with Crippen LogP contribution in [0, 0.1) is 5.92 Å². The van der Waals surface area contributed by atoms with E-state index in [9.17, 15) is 8.42 Å². The fourth-order valence-electron chi connectivity index (χ4n) is 1.46. The number of ether oxygens (including phenoxy) is 1. The van der Waals surface area contributed by atoms with E-state index in [2.05, 4.69) is 4.98 Å². The van der Waals surface area contributed by atoms with Crippen molar-refractivity contribution in [2.45, 2.75) is 24.2 Å². The van der Waals surface area contributed by atoms with Gasteiger partial charge in [0.25, 0.3) is 9.05 Å². The van der Waals surface area contributed by atoms with Gasteiger partial charge < -0.3 is 4.74 Å². The van der Waals surface area contributed by atoms with E-state index in [-0.39, 0.29) is 4.90 Å². The highest BCUT2D eigenvalue weighted by atomic mass is 35.7. The predicted molar refractivity (Wildman–Crippen MR) is 60.1 cm³/mol. The summed E-state index contributed by atoms with van der Waals surface area (Å²) in [6, 6.07) is 2.92. The van der Waals surface area contributed by atoms with Gasteiger partial charge in [0.1, 0.15) is 4.90 Å². The molecule has 0 radical (unpaired) electrons. The van der Waals surface area contributed by atoms with E-state index >= 15 is 0 Å². The maximum atomic E-state index is 11.0. The fourth-order valence-corrected chi connectivity index (χ4v) is 2.14. The first kappa shape index (κ1) is 11.7. The van der Waals surface area contributed by atoms with Gasteiger partial charge in [0.2, 0.25) is 5.88 Å². The summed E-state index contributed by atoms with van der Waals surface area (Å²) in [6.07, 6.45) is 4.88. The average molecular weight is 262 g/mol. The van der Waals surface area contributed by atoms with Gasteiger partial charge in [-0.15, -0.1) is 0 Å². The lowest BCUT2D eigenvalue weighted by Gasteiger charge is -2.24. The molecule has 0 N–H and O–H groups in total. The van der Waals surface area contributed by atoms with Crippen molar-refractivity contribution in [3.8, 4) is 5.88 Å². The molecule has 0 saturated heterocycles. The molecule has 0 aliphatic heterocycles. The number of rotatable bonds is 4. The Bertz CT molecular complexity index is 453. The highest BCUT2D eigenvalue weighted by Gasteiger charge is 2.18. The van der Waals surface area contributed by atoms with Crippen LogP contribution in [-0.2, 0) is 9.05 Å². The molecular weight excluding hydrogens is 250 g/mol. The Morgan fingerprint density at radius 2 is 2.19 bits per heavy atom. The third-order valence-corrected chi connectivity index (χ3v) is 4.02. The summed E-state index contributed by atoms with van der Waals surface area (Å²) in [7, 11) is 1.47. The van der Waals surface area contributed by atoms with Crippen molar-refractivity contribution in [1.82, 2.24) is 4.98 Å². The number of halogens is 1. The maximum absolute atomic E-state index is 11.0. The molecule has 88 valence electrons. The molecule has 1 heterocycles. The molecule has 1 aromatic rings. The van der Waals surface area contributed by atoms with Gasteiger partial charge in [-0.25, -0.2) is 13.4 Å². The lowest BCUT2D eigenvalue weighted by molar-refractivity contribution is 0.175. The molecule has 0 spiro atoms. The first-order valence-corrected chi connectivity index (χ1v) is 7.40. The Balaban J connectivity index is 1.96. The summed E-state index contributed by atoms with van der Waals surface area (Å²) in [5, 5.41) is 0. The van der Waals surface area contributed by atoms with Gasteiger partial charge in [0.15, 0.2) is 0 Å². The number of hydrogen-bond donors (Lipinski definition) is 0. The molecular formula is C10H12ClNO3S. The first-order chi connectivity index (χ1) is 7.55. The zero-order chi connectivity index (χ0) is 11.6. The molecule has 0 amide bonds. The van der Waals surface area contributed by atoms with E-state index in [0.717, 1.165) is 0 Å². The number of aromatic nitrogens is 1. The largest absolute Gasteiger partial charge is 0.477 e. The molecule has 1 aromatic heterocycles. The molecule has 0 aromatic carbocycles. The quantitative estimate of drug-likeness (QED) is 0.780. The van der Waals surface area contributed by atoms with Crippen molar-refractivity contribution in [1.29, 1.82) is 0 Å². The van der Waals surface area contributed by atoms with Crippen molar-refractivity contribution in [2.75, 3.05) is 6.61 Å². The summed E-state index contributed by atoms with van der Waals surface area (Å²) in [5.74, 6) is 1.06. The van der Waals surface area contributed by atoms with Crippen molar-refractivity contribution >= 4 is 19.7 Å². The van der Waals surface area contributed by atoms with Crippen LogP contribution in [0.25, 0.3) is 0 Å². The molecule has 4 nitrogen and oxygen atoms in total. The molecule has 1 aliphatic carbocycles. The van der Waals surface area contributed by atoms with Crippen LogP contribution in [0.5, 0.6) is 5.88 Å². The summed E-state index contributed by atoms with van der Waals surface area (Å²) in [6.45, 7) is 0.653. The maximum Gasteiger partial charge on any atom is 0.262 e. The lowest BCUT2D eigenvalue weighted by Crippen LogP contribution is -2.19. The normalized spacial score (nSPS) is 16.8. The van der Waals surface area contributed by atoms with E-state index < -0.39 is 9.05 Å². The topological polar surface area (TPSA) is 56.3 Å². The van der Waals surface area contributed by atoms with Crippen LogP contribution in [0.2, 0.25) is 0 Å². The minimum atomic E-state index is -3.69. The first-order valence-electron chi connectivity index (χ1n) is 5.09. The second kappa shape index (κ2) is 4.59. The third-order valence-electron chi connectivity index (χ3n) is 2.68. The van der Waals surface area contributed by atoms with Gasteiger partial charge in [0.05, 0.1) is 12.8 Å². The second-order valence-electron chi connectivity index (χ2n) is 3.88. The SMILES string of the molecule is O=S(=O)(Cl)c1ccc(OCC2CCC2)nc1. The third kappa shape index (κ3) is 2.86. The molecule has 0 unspecified atom stereocenters. The fraction of sp³-hybridized carbons (Fsp3) is 0.500. The van der Waals surface area contributed by atoms with Gasteiger partial charge in [-0.1, -0.05) is 6.42 Å². The van der Waals surface area contributed by atoms with Crippen molar-refractivity contribution < 1.29 is 13.2 Å². The van der Waals surface area contributed by atoms with Gasteiger partial charge in [-0.2, -0.15) is 0 Å². The Labute approximate surface area is 99.0 Å². The Hall–Kier alpha value is -0.810. The predicted octanol–water partition coefficient (Wildman–Crippen LogP) is 2.19. The smallest absolute Gasteiger partial charge is 0.262 e. The molecule has 6 heteroatoms. The number of pyridine rings is 1. The Morgan fingerprint density at radius 3 is 2.62 bits per heavy atom. The van der Waals surface area contributed by atoms with E-state index in [1.54, 1.807) is 0 Å². The van der Waals surface area contributed by atoms with Crippen LogP contribution in [0.3, 0.4) is 0 Å². The average Bonchev–Trinajstić information content (AvgIpc) is 2.15. The molecule has 1 aliphatic rings. The van der Waals surface area contributed by atoms with Gasteiger partial charge in [-0.3, -0.25) is 0 Å². The summed E-state index contributed by atoms with van der Waals surface area (Å²) in [5.41, 5.74) is 0. The van der Waals surface area contributed by atoms with Crippen molar-refractivity contribution in [3.05, 3.63) is 18.3 Å². The minimum Gasteiger partial charge on any atom is -0.477 e. The van der Waals surface area contributed by atoms with Crippen molar-refractivity contribution in [3.63, 3.8) is 0 Å². The summed E-state index contributed by atoms with van der Waals surface area (Å²) >= 11 is 0. The van der Waals surface area contributed by atoms with E-state index in [1.165, 1.54) is 37.6 Å². The zero-order valence-corrected chi connectivity index (χ0v) is 10.2. The van der Waals surface area contributed by atoms with E-state index in [1.807, 2.05) is 0 Å². The van der Waals surface area contributed by atoms with Gasteiger partial charge >= 0.3 is 0 Å². The lowest BCUT2D eigenvalue weighted by atomic mass is 9.86. The summed E-state index contributed by atoms with van der Waals surface area (Å²) in [4.78, 5) is 3.88. The van der Waals surface area contributed by atoms with Crippen LogP contribution in [0.4, 0.5) is 0 Å². The molecule has 1 saturated carbocycles. The Morgan fingerprint density at radius 1 is 1.44 bits per heavy atom. The molecule has 2 rings (SSSR count). The standard InChI is InChI=1S/C10H12ClNO3S/c11-16(13,14)9-4-5-10(12-6-9)15-7-8-2-1-3-8/h4-6,8H,1-3,7H2. The molecule has 1 fully saturated rings. The molecule has 16 heavy (non-hydrogen) atoms. The monoisotopic (exact) mass is 261 g/mol. The second-order valence-corrected chi connectivity index (χ2v) is 6.44. The van der Waals surface area contributed by atoms with Crippen LogP contribution in [0.15, 0.2) is 23.2 Å². The van der Waals surface area contributed by atoms with Crippen LogP contribution in [-0.4, -0.2) is 20.0 Å². The van der Waals surface area contributed by atoms with Crippen LogP contribution in [0.1, 0.15) is 19.3 Å². The highest BCUT2D eigenvalue weighted by Crippen LogP contribution is 2.26. The van der Waals surface area contributed by atoms with Gasteiger partial charge in [-0.05, 0) is 24.8 Å². The number of nitrogens with zero attached hydrogens (tertiary/aromatic N) is 1. The minimum absolute atomic E-state index is 0.00911.